The molecule has 0 saturated carbocycles. The minimum absolute atomic E-state index is 0.0738. The standard InChI is InChI=1S/C21H25ClN2O3/c1-16-7-8-18(22)20(13-16)27-15-21(25)23-19(17-5-3-2-4-6-17)14-24-9-11-26-12-10-24/h2-8,13,19H,9-12,14-15H2,1H3,(H,23,25)/t19-/m0/s1. The van der Waals surface area contributed by atoms with Gasteiger partial charge in [-0.3, -0.25) is 9.69 Å². The molecule has 1 heterocycles. The molecule has 0 spiro atoms. The molecule has 1 saturated heterocycles. The maximum absolute atomic E-state index is 12.5. The van der Waals surface area contributed by atoms with Gasteiger partial charge in [0.15, 0.2) is 6.61 Å². The second-order valence-corrected chi connectivity index (χ2v) is 7.07. The minimum Gasteiger partial charge on any atom is -0.482 e. The number of ether oxygens (including phenoxy) is 2. The van der Waals surface area contributed by atoms with Crippen molar-refractivity contribution in [3.05, 3.63) is 64.7 Å². The van der Waals surface area contributed by atoms with Crippen molar-refractivity contribution in [3.63, 3.8) is 0 Å². The lowest BCUT2D eigenvalue weighted by Crippen LogP contribution is -2.44. The summed E-state index contributed by atoms with van der Waals surface area (Å²) in [5.41, 5.74) is 2.11. The quantitative estimate of drug-likeness (QED) is 0.791. The lowest BCUT2D eigenvalue weighted by Gasteiger charge is -2.31. The van der Waals surface area contributed by atoms with E-state index in [1.54, 1.807) is 6.07 Å². The Hall–Kier alpha value is -2.08. The molecule has 0 aliphatic carbocycles. The van der Waals surface area contributed by atoms with Crippen LogP contribution in [0.3, 0.4) is 0 Å². The van der Waals surface area contributed by atoms with Crippen LogP contribution in [0.15, 0.2) is 48.5 Å². The average Bonchev–Trinajstić information content (AvgIpc) is 2.69. The Morgan fingerprint density at radius 3 is 2.70 bits per heavy atom. The van der Waals surface area contributed by atoms with Crippen molar-refractivity contribution in [2.75, 3.05) is 39.5 Å². The van der Waals surface area contributed by atoms with E-state index >= 15 is 0 Å². The highest BCUT2D eigenvalue weighted by atomic mass is 35.5. The maximum Gasteiger partial charge on any atom is 0.258 e. The molecule has 2 aromatic carbocycles. The summed E-state index contributed by atoms with van der Waals surface area (Å²) in [4.78, 5) is 14.8. The van der Waals surface area contributed by atoms with Crippen LogP contribution in [0.25, 0.3) is 0 Å². The summed E-state index contributed by atoms with van der Waals surface area (Å²) >= 11 is 6.13. The molecule has 1 aliphatic rings. The van der Waals surface area contributed by atoms with Crippen molar-refractivity contribution in [2.24, 2.45) is 0 Å². The second kappa shape index (κ2) is 9.74. The van der Waals surface area contributed by atoms with Gasteiger partial charge in [0, 0.05) is 19.6 Å². The van der Waals surface area contributed by atoms with Gasteiger partial charge < -0.3 is 14.8 Å². The van der Waals surface area contributed by atoms with Crippen LogP contribution in [0.2, 0.25) is 5.02 Å². The number of hydrogen-bond donors (Lipinski definition) is 1. The Kier molecular flexibility index (Phi) is 7.10. The van der Waals surface area contributed by atoms with Gasteiger partial charge in [-0.2, -0.15) is 0 Å². The number of halogens is 1. The molecule has 1 fully saturated rings. The first-order valence-corrected chi connectivity index (χ1v) is 9.53. The van der Waals surface area contributed by atoms with Gasteiger partial charge in [0.1, 0.15) is 5.75 Å². The molecule has 1 amide bonds. The molecular formula is C21H25ClN2O3. The third kappa shape index (κ3) is 5.96. The second-order valence-electron chi connectivity index (χ2n) is 6.67. The summed E-state index contributed by atoms with van der Waals surface area (Å²) in [5.74, 6) is 0.353. The van der Waals surface area contributed by atoms with Crippen molar-refractivity contribution < 1.29 is 14.3 Å². The van der Waals surface area contributed by atoms with Gasteiger partial charge in [0.2, 0.25) is 0 Å². The van der Waals surface area contributed by atoms with E-state index in [0.717, 1.165) is 44.0 Å². The predicted octanol–water partition coefficient (Wildman–Crippen LogP) is 3.22. The van der Waals surface area contributed by atoms with Crippen LogP contribution in [0.1, 0.15) is 17.2 Å². The Balaban J connectivity index is 1.62. The van der Waals surface area contributed by atoms with E-state index < -0.39 is 0 Å². The van der Waals surface area contributed by atoms with Crippen LogP contribution in [0, 0.1) is 6.92 Å². The monoisotopic (exact) mass is 388 g/mol. The summed E-state index contributed by atoms with van der Waals surface area (Å²) in [6, 6.07) is 15.4. The smallest absolute Gasteiger partial charge is 0.258 e. The Bertz CT molecular complexity index is 748. The van der Waals surface area contributed by atoms with Gasteiger partial charge in [-0.1, -0.05) is 48.0 Å². The predicted molar refractivity (Wildman–Crippen MR) is 106 cm³/mol. The number of benzene rings is 2. The third-order valence-corrected chi connectivity index (χ3v) is 4.84. The molecule has 1 atom stereocenters. The number of aryl methyl sites for hydroxylation is 1. The molecule has 0 aromatic heterocycles. The molecule has 5 nitrogen and oxygen atoms in total. The number of carbonyl (C=O) groups is 1. The molecule has 6 heteroatoms. The van der Waals surface area contributed by atoms with Crippen molar-refractivity contribution in [2.45, 2.75) is 13.0 Å². The number of morpholine rings is 1. The Morgan fingerprint density at radius 2 is 1.96 bits per heavy atom. The number of hydrogen-bond acceptors (Lipinski definition) is 4. The van der Waals surface area contributed by atoms with Crippen LogP contribution in [-0.4, -0.2) is 50.3 Å². The van der Waals surface area contributed by atoms with E-state index in [1.807, 2.05) is 49.4 Å². The summed E-state index contributed by atoms with van der Waals surface area (Å²) in [6.07, 6.45) is 0. The zero-order chi connectivity index (χ0) is 19.1. The molecule has 27 heavy (non-hydrogen) atoms. The Labute approximate surface area is 165 Å². The number of amides is 1. The SMILES string of the molecule is Cc1ccc(Cl)c(OCC(=O)N[C@@H](CN2CCOCC2)c2ccccc2)c1. The fraction of sp³-hybridized carbons (Fsp3) is 0.381. The zero-order valence-electron chi connectivity index (χ0n) is 15.5. The highest BCUT2D eigenvalue weighted by Gasteiger charge is 2.20. The maximum atomic E-state index is 12.5. The van der Waals surface area contributed by atoms with Gasteiger partial charge >= 0.3 is 0 Å². The highest BCUT2D eigenvalue weighted by Crippen LogP contribution is 2.25. The lowest BCUT2D eigenvalue weighted by molar-refractivity contribution is -0.124. The van der Waals surface area contributed by atoms with E-state index in [0.29, 0.717) is 10.8 Å². The first-order chi connectivity index (χ1) is 13.1. The molecule has 1 aliphatic heterocycles. The molecule has 1 N–H and O–H groups in total. The van der Waals surface area contributed by atoms with Crippen LogP contribution < -0.4 is 10.1 Å². The van der Waals surface area contributed by atoms with Crippen molar-refractivity contribution in [3.8, 4) is 5.75 Å². The van der Waals surface area contributed by atoms with Gasteiger partial charge in [-0.25, -0.2) is 0 Å². The largest absolute Gasteiger partial charge is 0.482 e. The lowest BCUT2D eigenvalue weighted by atomic mass is 10.1. The van der Waals surface area contributed by atoms with E-state index in [9.17, 15) is 4.79 Å². The summed E-state index contributed by atoms with van der Waals surface area (Å²) in [7, 11) is 0. The topological polar surface area (TPSA) is 50.8 Å². The molecule has 3 rings (SSSR count). The van der Waals surface area contributed by atoms with Crippen molar-refractivity contribution >= 4 is 17.5 Å². The van der Waals surface area contributed by atoms with E-state index in [4.69, 9.17) is 21.1 Å². The van der Waals surface area contributed by atoms with Gasteiger partial charge in [0.05, 0.1) is 24.3 Å². The average molecular weight is 389 g/mol. The van der Waals surface area contributed by atoms with Gasteiger partial charge in [0.25, 0.3) is 5.91 Å². The fourth-order valence-electron chi connectivity index (χ4n) is 3.06. The van der Waals surface area contributed by atoms with Crippen molar-refractivity contribution in [1.29, 1.82) is 0 Å². The first kappa shape index (κ1) is 19.7. The van der Waals surface area contributed by atoms with Crippen LogP contribution in [-0.2, 0) is 9.53 Å². The molecule has 0 unspecified atom stereocenters. The van der Waals surface area contributed by atoms with Gasteiger partial charge in [-0.15, -0.1) is 0 Å². The first-order valence-electron chi connectivity index (χ1n) is 9.15. The van der Waals surface area contributed by atoms with Crippen LogP contribution in [0.4, 0.5) is 0 Å². The van der Waals surface area contributed by atoms with E-state index in [2.05, 4.69) is 10.2 Å². The fourth-order valence-corrected chi connectivity index (χ4v) is 3.23. The number of carbonyl (C=O) groups excluding carboxylic acids is 1. The third-order valence-electron chi connectivity index (χ3n) is 4.53. The number of nitrogens with zero attached hydrogens (tertiary/aromatic N) is 1. The van der Waals surface area contributed by atoms with Crippen molar-refractivity contribution in [1.82, 2.24) is 10.2 Å². The van der Waals surface area contributed by atoms with Crippen LogP contribution >= 0.6 is 11.6 Å². The highest BCUT2D eigenvalue weighted by molar-refractivity contribution is 6.32. The summed E-state index contributed by atoms with van der Waals surface area (Å²) in [5, 5.41) is 3.60. The van der Waals surface area contributed by atoms with Crippen LogP contribution in [0.5, 0.6) is 5.75 Å². The minimum atomic E-state index is -0.172. The van der Waals surface area contributed by atoms with E-state index in [1.165, 1.54) is 0 Å². The molecule has 144 valence electrons. The summed E-state index contributed by atoms with van der Waals surface area (Å²) < 4.78 is 11.0. The zero-order valence-corrected chi connectivity index (χ0v) is 16.2. The molecular weight excluding hydrogens is 364 g/mol. The molecule has 0 bridgehead atoms. The molecule has 0 radical (unpaired) electrons. The van der Waals surface area contributed by atoms with Gasteiger partial charge in [-0.05, 0) is 30.2 Å². The normalized spacial score (nSPS) is 15.9. The number of nitrogens with one attached hydrogen (secondary N) is 1. The van der Waals surface area contributed by atoms with E-state index in [-0.39, 0.29) is 18.6 Å². The molecule has 2 aromatic rings. The Morgan fingerprint density at radius 1 is 1.22 bits per heavy atom. The number of rotatable bonds is 7. The summed E-state index contributed by atoms with van der Waals surface area (Å²) in [6.45, 7) is 5.81.